The molecular weight excluding hydrogens is 772 g/mol. The number of pyridine rings is 1. The summed E-state index contributed by atoms with van der Waals surface area (Å²) in [5.41, 5.74) is -4.24. The summed E-state index contributed by atoms with van der Waals surface area (Å²) in [5, 5.41) is 0.701. The van der Waals surface area contributed by atoms with Crippen LogP contribution in [0.2, 0.25) is 0 Å². The third kappa shape index (κ3) is 9.24. The Bertz CT molecular complexity index is 2020. The molecule has 13 nitrogen and oxygen atoms in total. The fourth-order valence-electron chi connectivity index (χ4n) is 7.78. The number of carbonyl (C=O) groups excluding carboxylic acids is 4. The molecule has 6 rings (SSSR count). The molecule has 7 atom stereocenters. The van der Waals surface area contributed by atoms with E-state index in [4.69, 9.17) is 18.9 Å². The van der Waals surface area contributed by atoms with Gasteiger partial charge in [0.05, 0.1) is 54.9 Å². The average Bonchev–Trinajstić information content (AvgIpc) is 4.07. The van der Waals surface area contributed by atoms with Crippen molar-refractivity contribution in [3.05, 3.63) is 42.6 Å². The smallest absolute Gasteiger partial charge is 0.427 e. The highest BCUT2D eigenvalue weighted by Crippen LogP contribution is 2.57. The fraction of sp³-hybridized carbons (Fsp3) is 0.625. The van der Waals surface area contributed by atoms with Crippen LogP contribution in [0.25, 0.3) is 10.8 Å². The van der Waals surface area contributed by atoms with Gasteiger partial charge in [0.1, 0.15) is 11.9 Å². The minimum Gasteiger partial charge on any atom is -0.497 e. The molecule has 3 fully saturated rings. The molecule has 0 bridgehead atoms. The van der Waals surface area contributed by atoms with E-state index in [2.05, 4.69) is 9.71 Å². The number of Topliss-reactive ketones (excluding diaryl/α,β-unsaturated/α-hetero) is 1. The van der Waals surface area contributed by atoms with Gasteiger partial charge in [0, 0.05) is 24.4 Å². The lowest BCUT2D eigenvalue weighted by Crippen LogP contribution is -2.50. The highest BCUT2D eigenvalue weighted by molar-refractivity contribution is 7.90. The second-order valence-corrected chi connectivity index (χ2v) is 18.1. The third-order valence-corrected chi connectivity index (χ3v) is 13.3. The predicted octanol–water partition coefficient (Wildman–Crippen LogP) is 5.59. The third-order valence-electron chi connectivity index (χ3n) is 11.5. The zero-order valence-electron chi connectivity index (χ0n) is 32.7. The van der Waals surface area contributed by atoms with Gasteiger partial charge in [0.25, 0.3) is 0 Å². The molecule has 2 aliphatic carbocycles. The fourth-order valence-corrected chi connectivity index (χ4v) is 9.16. The summed E-state index contributed by atoms with van der Waals surface area (Å²) < 4.78 is 92.3. The first-order chi connectivity index (χ1) is 26.8. The maximum absolute atomic E-state index is 14.8. The molecule has 0 unspecified atom stereocenters. The second kappa shape index (κ2) is 16.2. The van der Waals surface area contributed by atoms with Crippen LogP contribution in [0.1, 0.15) is 85.5 Å². The Morgan fingerprint density at radius 3 is 2.53 bits per heavy atom. The summed E-state index contributed by atoms with van der Waals surface area (Å²) in [4.78, 5) is 62.2. The predicted molar refractivity (Wildman–Crippen MR) is 200 cm³/mol. The number of ether oxygens (including phenoxy) is 4. The maximum Gasteiger partial charge on any atom is 0.427 e. The van der Waals surface area contributed by atoms with Gasteiger partial charge < -0.3 is 23.8 Å². The molecule has 0 radical (unpaired) electrons. The van der Waals surface area contributed by atoms with Crippen molar-refractivity contribution in [2.45, 2.75) is 127 Å². The maximum atomic E-state index is 14.8. The minimum atomic E-state index is -4.89. The summed E-state index contributed by atoms with van der Waals surface area (Å²) in [6, 6.07) is 5.83. The van der Waals surface area contributed by atoms with Crippen molar-refractivity contribution in [3.63, 3.8) is 0 Å². The van der Waals surface area contributed by atoms with Crippen LogP contribution in [0.5, 0.6) is 11.6 Å². The minimum absolute atomic E-state index is 0.0519. The van der Waals surface area contributed by atoms with E-state index >= 15 is 0 Å². The van der Waals surface area contributed by atoms with Crippen molar-refractivity contribution in [3.8, 4) is 11.6 Å². The highest BCUT2D eigenvalue weighted by Gasteiger charge is 2.62. The molecule has 1 saturated heterocycles. The molecule has 0 spiro atoms. The normalized spacial score (nSPS) is 29.4. The monoisotopic (exact) mass is 821 g/mol. The van der Waals surface area contributed by atoms with Crippen LogP contribution >= 0.6 is 0 Å². The van der Waals surface area contributed by atoms with Crippen molar-refractivity contribution in [2.24, 2.45) is 17.3 Å². The quantitative estimate of drug-likeness (QED) is 0.235. The van der Waals surface area contributed by atoms with Crippen molar-refractivity contribution in [1.82, 2.24) is 14.6 Å². The number of fused-ring (bicyclic) bond motifs is 3. The Hall–Kier alpha value is -4.25. The Morgan fingerprint density at radius 2 is 1.86 bits per heavy atom. The van der Waals surface area contributed by atoms with E-state index in [1.54, 1.807) is 38.1 Å². The van der Waals surface area contributed by atoms with Crippen molar-refractivity contribution in [1.29, 1.82) is 0 Å². The molecule has 2 aromatic rings. The van der Waals surface area contributed by atoms with Crippen molar-refractivity contribution < 1.29 is 59.7 Å². The van der Waals surface area contributed by atoms with Gasteiger partial charge in [-0.3, -0.25) is 23.9 Å². The number of carbonyl (C=O) groups is 4. The highest BCUT2D eigenvalue weighted by atomic mass is 32.2. The van der Waals surface area contributed by atoms with Gasteiger partial charge in [-0.1, -0.05) is 19.1 Å². The van der Waals surface area contributed by atoms with E-state index in [0.717, 1.165) is 5.39 Å². The molecule has 17 heteroatoms. The number of sulfonamides is 1. The van der Waals surface area contributed by atoms with Crippen LogP contribution in [0.3, 0.4) is 0 Å². The number of hydrogen-bond acceptors (Lipinski definition) is 11. The number of nitrogens with one attached hydrogen (secondary N) is 1. The zero-order valence-corrected chi connectivity index (χ0v) is 33.5. The molecule has 4 aliphatic rings. The first kappa shape index (κ1) is 42.4. The second-order valence-electron chi connectivity index (χ2n) is 16.2. The molecule has 1 N–H and O–H groups in total. The Kier molecular flexibility index (Phi) is 12.0. The van der Waals surface area contributed by atoms with Crippen LogP contribution in [0.15, 0.2) is 42.6 Å². The van der Waals surface area contributed by atoms with Gasteiger partial charge >= 0.3 is 12.1 Å². The molecule has 312 valence electrons. The number of esters is 1. The lowest BCUT2D eigenvalue weighted by Gasteiger charge is -2.34. The zero-order chi connectivity index (χ0) is 41.5. The summed E-state index contributed by atoms with van der Waals surface area (Å²) in [7, 11) is -2.41. The van der Waals surface area contributed by atoms with E-state index < -0.39 is 105 Å². The molecule has 1 aromatic heterocycles. The van der Waals surface area contributed by atoms with Crippen LogP contribution in [0.4, 0.5) is 13.2 Å². The van der Waals surface area contributed by atoms with Gasteiger partial charge in [-0.25, -0.2) is 13.4 Å². The number of methoxy groups -OCH3 is 1. The molecule has 3 heterocycles. The number of rotatable bonds is 10. The summed E-state index contributed by atoms with van der Waals surface area (Å²) >= 11 is 0. The van der Waals surface area contributed by atoms with Crippen LogP contribution in [-0.2, 0) is 38.7 Å². The molecule has 57 heavy (non-hydrogen) atoms. The summed E-state index contributed by atoms with van der Waals surface area (Å²) in [6.07, 6.45) is -0.972. The molecular formula is C40H50F3N3O10S. The number of allylic oxidation sites excluding steroid dienone is 2. The lowest BCUT2D eigenvalue weighted by molar-refractivity contribution is -0.258. The van der Waals surface area contributed by atoms with E-state index in [1.807, 2.05) is 12.2 Å². The molecule has 2 saturated carbocycles. The molecule has 1 aromatic carbocycles. The number of ketones is 1. The van der Waals surface area contributed by atoms with E-state index in [1.165, 1.54) is 18.2 Å². The largest absolute Gasteiger partial charge is 0.497 e. The lowest BCUT2D eigenvalue weighted by atomic mass is 9.90. The van der Waals surface area contributed by atoms with Crippen LogP contribution in [-0.4, -0.2) is 96.9 Å². The Morgan fingerprint density at radius 1 is 1.12 bits per heavy atom. The van der Waals surface area contributed by atoms with Crippen LogP contribution < -0.4 is 14.2 Å². The van der Waals surface area contributed by atoms with E-state index in [0.29, 0.717) is 50.7 Å². The van der Waals surface area contributed by atoms with Gasteiger partial charge in [-0.05, 0) is 94.9 Å². The average molecular weight is 822 g/mol. The first-order valence-corrected chi connectivity index (χ1v) is 20.9. The Balaban J connectivity index is 1.36. The molecule has 2 amide bonds. The number of alkyl halides is 3. The van der Waals surface area contributed by atoms with E-state index in [-0.39, 0.29) is 31.7 Å². The SMILES string of the molecule is CC[C@@H]1O[C@H](C)CC/C=C\[C@@H]2C[C@@]2(C(=O)NS(=O)(=O)C2CC2)CC(=O)[C@@H]2C[C@@H](Oc3nccc4cc(OC)ccc34)CN2C(=O)[C@H]1CC(=O)OC(C)(C)C(F)(F)F. The number of benzene rings is 1. The number of halogens is 3. The van der Waals surface area contributed by atoms with Gasteiger partial charge in [0.2, 0.25) is 33.3 Å². The van der Waals surface area contributed by atoms with Crippen molar-refractivity contribution in [2.75, 3.05) is 13.7 Å². The van der Waals surface area contributed by atoms with E-state index in [9.17, 15) is 40.8 Å². The standard InChI is InChI=1S/C40H50F3N3O10S/c1-6-33-30(19-34(48)56-38(3,4)40(41,42)43)36(49)46-22-27(55-35-29-14-11-26(53-5)17-24(29)15-16-44-35)18-31(46)32(47)21-39(37(50)45-57(51,52)28-12-13-28)20-25(39)10-8-7-9-23(2)54-33/h8,10-11,14-17,23,25,27-28,30-31,33H,6-7,9,12-13,18-22H2,1-5H3,(H,45,50)/b10-8-/t23-,25-,27-,30+,31+,33+,39-/m1/s1. The van der Waals surface area contributed by atoms with Gasteiger partial charge in [0.15, 0.2) is 5.78 Å². The summed E-state index contributed by atoms with van der Waals surface area (Å²) in [5.74, 6) is -4.31. The number of amides is 2. The van der Waals surface area contributed by atoms with Crippen LogP contribution in [0, 0.1) is 17.3 Å². The summed E-state index contributed by atoms with van der Waals surface area (Å²) in [6.45, 7) is 4.76. The first-order valence-electron chi connectivity index (χ1n) is 19.4. The topological polar surface area (TPSA) is 167 Å². The van der Waals surface area contributed by atoms with Gasteiger partial charge in [-0.15, -0.1) is 0 Å². The number of aromatic nitrogens is 1. The molecule has 2 aliphatic heterocycles. The number of hydrogen-bond donors (Lipinski definition) is 1. The van der Waals surface area contributed by atoms with Gasteiger partial charge in [-0.2, -0.15) is 13.2 Å². The van der Waals surface area contributed by atoms with Crippen molar-refractivity contribution >= 4 is 44.4 Å². The Labute approximate surface area is 330 Å². The number of nitrogens with zero attached hydrogens (tertiary/aromatic N) is 2.